The van der Waals surface area contributed by atoms with Crippen LogP contribution < -0.4 is 32.3 Å². The van der Waals surface area contributed by atoms with Crippen molar-refractivity contribution < 1.29 is 49.2 Å². The van der Waals surface area contributed by atoms with Crippen LogP contribution in [0, 0.1) is 5.92 Å². The van der Waals surface area contributed by atoms with E-state index < -0.39 is 97.5 Å². The Kier molecular flexibility index (Phi) is 14.5. The predicted molar refractivity (Wildman–Crippen MR) is 164 cm³/mol. The number of carboxylic acids is 1. The van der Waals surface area contributed by atoms with Gasteiger partial charge in [0.1, 0.15) is 30.2 Å². The first kappa shape index (κ1) is 37.6. The van der Waals surface area contributed by atoms with Crippen molar-refractivity contribution in [1.29, 1.82) is 0 Å². The number of aliphatic hydroxyl groups excluding tert-OH is 3. The fourth-order valence-electron chi connectivity index (χ4n) is 4.35. The first-order chi connectivity index (χ1) is 21.7. The maximum absolute atomic E-state index is 12.9. The number of para-hydroxylation sites is 1. The zero-order valence-electron chi connectivity index (χ0n) is 25.8. The van der Waals surface area contributed by atoms with Crippen molar-refractivity contribution in [3.8, 4) is 0 Å². The topological polar surface area (TPSA) is 285 Å². The van der Waals surface area contributed by atoms with Gasteiger partial charge in [-0.3, -0.25) is 24.0 Å². The van der Waals surface area contributed by atoms with Crippen LogP contribution in [0.4, 0.5) is 0 Å². The number of aliphatic hydroxyl groups is 3. The van der Waals surface area contributed by atoms with Crippen LogP contribution in [0.5, 0.6) is 0 Å². The number of aliphatic carboxylic acids is 1. The standard InChI is InChI=1S/C29H43N7O10/c1-4-14(2)24(36-27(43)23(30)15(3)39)28(44)35-20(12-37)25(41)32-11-22(40)33-21(13-38)26(42)34-19(29(45)46)9-16-10-31-18-8-6-5-7-17(16)18/h5-8,10,14-15,19-21,23-24,31,37-39H,4,9,11-13,30H2,1-3H3,(H,32,41)(H,33,40)(H,34,42)(H,35,44)(H,36,43)(H,45,46)/t14-,15+,19-,20-,21-,23-,24-/m0/s1. The number of rotatable bonds is 18. The molecule has 0 radical (unpaired) electrons. The van der Waals surface area contributed by atoms with E-state index in [0.717, 1.165) is 10.9 Å². The van der Waals surface area contributed by atoms with Gasteiger partial charge < -0.3 is 57.7 Å². The third-order valence-electron chi connectivity index (χ3n) is 7.40. The van der Waals surface area contributed by atoms with E-state index in [4.69, 9.17) is 5.73 Å². The maximum Gasteiger partial charge on any atom is 0.326 e. The van der Waals surface area contributed by atoms with Gasteiger partial charge >= 0.3 is 5.97 Å². The average molecular weight is 650 g/mol. The number of amides is 5. The summed E-state index contributed by atoms with van der Waals surface area (Å²) in [6.07, 6.45) is 0.782. The van der Waals surface area contributed by atoms with Crippen LogP contribution in [0.1, 0.15) is 32.8 Å². The fourth-order valence-corrected chi connectivity index (χ4v) is 4.35. The molecular formula is C29H43N7O10. The summed E-state index contributed by atoms with van der Waals surface area (Å²) in [5.41, 5.74) is 7.04. The molecule has 46 heavy (non-hydrogen) atoms. The minimum absolute atomic E-state index is 0.0869. The number of carboxylic acid groups (broad SMARTS) is 1. The van der Waals surface area contributed by atoms with Crippen LogP contribution in [0.2, 0.25) is 0 Å². The van der Waals surface area contributed by atoms with Crippen LogP contribution in [0.25, 0.3) is 10.9 Å². The molecular weight excluding hydrogens is 606 g/mol. The molecule has 0 saturated heterocycles. The lowest BCUT2D eigenvalue weighted by atomic mass is 9.97. The highest BCUT2D eigenvalue weighted by Crippen LogP contribution is 2.19. The Bertz CT molecular complexity index is 1380. The molecule has 1 heterocycles. The van der Waals surface area contributed by atoms with Gasteiger partial charge in [0.15, 0.2) is 0 Å². The Morgan fingerprint density at radius 2 is 1.46 bits per heavy atom. The summed E-state index contributed by atoms with van der Waals surface area (Å²) >= 11 is 0. The number of nitrogens with two attached hydrogens (primary N) is 1. The van der Waals surface area contributed by atoms with Gasteiger partial charge in [0, 0.05) is 23.5 Å². The Labute approximate surface area is 264 Å². The van der Waals surface area contributed by atoms with Gasteiger partial charge in [-0.1, -0.05) is 38.5 Å². The molecule has 0 fully saturated rings. The molecule has 254 valence electrons. The van der Waals surface area contributed by atoms with E-state index in [9.17, 15) is 49.2 Å². The lowest BCUT2D eigenvalue weighted by molar-refractivity contribution is -0.142. The number of aromatic amines is 1. The van der Waals surface area contributed by atoms with Crippen molar-refractivity contribution in [3.63, 3.8) is 0 Å². The minimum Gasteiger partial charge on any atom is -0.480 e. The van der Waals surface area contributed by atoms with Gasteiger partial charge in [-0.05, 0) is 24.5 Å². The van der Waals surface area contributed by atoms with Crippen LogP contribution in [-0.2, 0) is 35.2 Å². The third-order valence-corrected chi connectivity index (χ3v) is 7.40. The molecule has 2 aromatic rings. The van der Waals surface area contributed by atoms with Crippen molar-refractivity contribution >= 4 is 46.4 Å². The summed E-state index contributed by atoms with van der Waals surface area (Å²) in [5, 5.41) is 50.8. The molecule has 7 atom stereocenters. The highest BCUT2D eigenvalue weighted by molar-refractivity contribution is 5.95. The summed E-state index contributed by atoms with van der Waals surface area (Å²) in [6, 6.07) is 0.218. The van der Waals surface area contributed by atoms with Gasteiger partial charge in [0.05, 0.1) is 25.9 Å². The number of H-pyrrole nitrogens is 1. The zero-order chi connectivity index (χ0) is 34.6. The molecule has 1 aromatic heterocycles. The molecule has 0 aliphatic rings. The molecule has 2 rings (SSSR count). The van der Waals surface area contributed by atoms with E-state index in [2.05, 4.69) is 31.6 Å². The Morgan fingerprint density at radius 1 is 0.848 bits per heavy atom. The van der Waals surface area contributed by atoms with Crippen molar-refractivity contribution in [2.24, 2.45) is 11.7 Å². The Balaban J connectivity index is 1.96. The van der Waals surface area contributed by atoms with E-state index in [1.54, 1.807) is 44.3 Å². The number of aromatic nitrogens is 1. The van der Waals surface area contributed by atoms with E-state index >= 15 is 0 Å². The molecule has 1 aromatic carbocycles. The van der Waals surface area contributed by atoms with E-state index in [1.807, 2.05) is 0 Å². The minimum atomic E-state index is -1.56. The van der Waals surface area contributed by atoms with Gasteiger partial charge in [-0.25, -0.2) is 4.79 Å². The molecule has 0 spiro atoms. The molecule has 0 saturated carbocycles. The first-order valence-corrected chi connectivity index (χ1v) is 14.6. The summed E-state index contributed by atoms with van der Waals surface area (Å²) in [5.74, 6) is -6.29. The van der Waals surface area contributed by atoms with E-state index in [-0.39, 0.29) is 6.42 Å². The van der Waals surface area contributed by atoms with Crippen LogP contribution >= 0.6 is 0 Å². The van der Waals surface area contributed by atoms with E-state index in [1.165, 1.54) is 6.92 Å². The van der Waals surface area contributed by atoms with Crippen LogP contribution in [0.15, 0.2) is 30.5 Å². The number of carbonyl (C=O) groups is 6. The molecule has 5 amide bonds. The number of hydrogen-bond donors (Lipinski definition) is 11. The van der Waals surface area contributed by atoms with Gasteiger partial charge in [-0.15, -0.1) is 0 Å². The number of carbonyl (C=O) groups excluding carboxylic acids is 5. The first-order valence-electron chi connectivity index (χ1n) is 14.6. The summed E-state index contributed by atoms with van der Waals surface area (Å²) in [7, 11) is 0. The number of nitrogens with one attached hydrogen (secondary N) is 6. The Hall–Kier alpha value is -4.58. The Morgan fingerprint density at radius 3 is 2.04 bits per heavy atom. The molecule has 0 unspecified atom stereocenters. The van der Waals surface area contributed by atoms with E-state index in [0.29, 0.717) is 12.0 Å². The number of hydrogen-bond acceptors (Lipinski definition) is 10. The average Bonchev–Trinajstić information content (AvgIpc) is 3.44. The second-order valence-corrected chi connectivity index (χ2v) is 10.9. The van der Waals surface area contributed by atoms with Crippen LogP contribution in [0.3, 0.4) is 0 Å². The molecule has 17 nitrogen and oxygen atoms in total. The SMILES string of the molecule is CC[C@H](C)[C@H](NC(=O)[C@@H](N)[C@@H](C)O)C(=O)N[C@@H](CO)C(=O)NCC(=O)N[C@@H](CO)C(=O)N[C@@H](Cc1c[nH]c2ccccc12)C(=O)O. The molecule has 17 heteroatoms. The summed E-state index contributed by atoms with van der Waals surface area (Å²) in [4.78, 5) is 78.0. The van der Waals surface area contributed by atoms with Gasteiger partial charge in [0.2, 0.25) is 29.5 Å². The van der Waals surface area contributed by atoms with Gasteiger partial charge in [0.25, 0.3) is 0 Å². The fraction of sp³-hybridized carbons (Fsp3) is 0.517. The van der Waals surface area contributed by atoms with Crippen molar-refractivity contribution in [2.45, 2.75) is 69.9 Å². The predicted octanol–water partition coefficient (Wildman–Crippen LogP) is -3.41. The third kappa shape index (κ3) is 10.5. The monoisotopic (exact) mass is 649 g/mol. The maximum atomic E-state index is 12.9. The van der Waals surface area contributed by atoms with Crippen molar-refractivity contribution in [3.05, 3.63) is 36.0 Å². The number of benzene rings is 1. The quantitative estimate of drug-likeness (QED) is 0.0756. The molecule has 12 N–H and O–H groups in total. The smallest absolute Gasteiger partial charge is 0.326 e. The second-order valence-electron chi connectivity index (χ2n) is 10.9. The molecule has 0 bridgehead atoms. The summed E-state index contributed by atoms with van der Waals surface area (Å²) < 4.78 is 0. The number of fused-ring (bicyclic) bond motifs is 1. The summed E-state index contributed by atoms with van der Waals surface area (Å²) in [6.45, 7) is 2.22. The van der Waals surface area contributed by atoms with Crippen LogP contribution in [-0.4, -0.2) is 117 Å². The normalized spacial score (nSPS) is 15.7. The van der Waals surface area contributed by atoms with Crippen molar-refractivity contribution in [1.82, 2.24) is 31.6 Å². The van der Waals surface area contributed by atoms with Gasteiger partial charge in [-0.2, -0.15) is 0 Å². The molecule has 0 aliphatic carbocycles. The highest BCUT2D eigenvalue weighted by Gasteiger charge is 2.32. The highest BCUT2D eigenvalue weighted by atomic mass is 16.4. The largest absolute Gasteiger partial charge is 0.480 e. The lowest BCUT2D eigenvalue weighted by Crippen LogP contribution is -2.60. The second kappa shape index (κ2) is 17.8. The molecule has 0 aliphatic heterocycles. The van der Waals surface area contributed by atoms with Crippen molar-refractivity contribution in [2.75, 3.05) is 19.8 Å². The zero-order valence-corrected chi connectivity index (χ0v) is 25.8. The lowest BCUT2D eigenvalue weighted by Gasteiger charge is -2.27.